The molecule has 1 unspecified atom stereocenters. The van der Waals surface area contributed by atoms with E-state index < -0.39 is 0 Å². The van der Waals surface area contributed by atoms with Gasteiger partial charge in [0, 0.05) is 6.42 Å². The summed E-state index contributed by atoms with van der Waals surface area (Å²) in [6.07, 6.45) is 1.90. The molecule has 0 aliphatic rings. The first kappa shape index (κ1) is 14.2. The molecule has 0 bridgehead atoms. The molecule has 1 rings (SSSR count). The lowest BCUT2D eigenvalue weighted by Gasteiger charge is -2.18. The Morgan fingerprint density at radius 3 is 2.06 bits per heavy atom. The molecule has 1 aromatic rings. The van der Waals surface area contributed by atoms with E-state index in [0.717, 1.165) is 12.8 Å². The molecule has 0 radical (unpaired) electrons. The lowest BCUT2D eigenvalue weighted by Crippen LogP contribution is -2.15. The molecule has 94 valence electrons. The zero-order valence-corrected chi connectivity index (χ0v) is 12.4. The molecule has 0 aromatic heterocycles. The monoisotopic (exact) mass is 249 g/mol. The number of benzene rings is 1. The van der Waals surface area contributed by atoms with E-state index in [4.69, 9.17) is 18.0 Å². The Labute approximate surface area is 110 Å². The van der Waals surface area contributed by atoms with Crippen LogP contribution in [0.25, 0.3) is 0 Å². The molecule has 0 saturated heterocycles. The molecule has 1 atom stereocenters. The fourth-order valence-corrected chi connectivity index (χ4v) is 2.65. The zero-order valence-electron chi connectivity index (χ0n) is 11.6. The van der Waals surface area contributed by atoms with Crippen LogP contribution in [0.4, 0.5) is 0 Å². The first-order valence-corrected chi connectivity index (χ1v) is 6.58. The second-order valence-electron chi connectivity index (χ2n) is 5.22. The van der Waals surface area contributed by atoms with E-state index in [2.05, 4.69) is 40.7 Å². The highest BCUT2D eigenvalue weighted by Crippen LogP contribution is 2.25. The summed E-state index contributed by atoms with van der Waals surface area (Å²) in [5.74, 6) is 0.520. The van der Waals surface area contributed by atoms with E-state index in [1.807, 2.05) is 0 Å². The molecule has 1 aromatic carbocycles. The van der Waals surface area contributed by atoms with Crippen molar-refractivity contribution in [3.05, 3.63) is 33.9 Å². The van der Waals surface area contributed by atoms with Crippen molar-refractivity contribution in [3.63, 3.8) is 0 Å². The van der Waals surface area contributed by atoms with Crippen molar-refractivity contribution in [2.24, 2.45) is 11.7 Å². The predicted molar refractivity (Wildman–Crippen MR) is 79.7 cm³/mol. The molecule has 0 heterocycles. The van der Waals surface area contributed by atoms with Crippen molar-refractivity contribution in [1.82, 2.24) is 0 Å². The van der Waals surface area contributed by atoms with Crippen LogP contribution in [0.2, 0.25) is 0 Å². The van der Waals surface area contributed by atoms with Crippen molar-refractivity contribution in [2.45, 2.75) is 47.5 Å². The molecule has 1 nitrogen and oxygen atoms in total. The maximum absolute atomic E-state index is 5.61. The van der Waals surface area contributed by atoms with Crippen LogP contribution in [0, 0.1) is 33.6 Å². The number of aryl methyl sites for hydroxylation is 2. The first-order chi connectivity index (χ1) is 7.82. The van der Waals surface area contributed by atoms with Crippen molar-refractivity contribution >= 4 is 17.2 Å². The van der Waals surface area contributed by atoms with Crippen LogP contribution in [-0.4, -0.2) is 4.99 Å². The van der Waals surface area contributed by atoms with Crippen LogP contribution in [0.5, 0.6) is 0 Å². The Morgan fingerprint density at radius 2 is 1.65 bits per heavy atom. The van der Waals surface area contributed by atoms with E-state index in [-0.39, 0.29) is 0 Å². The minimum Gasteiger partial charge on any atom is -0.393 e. The van der Waals surface area contributed by atoms with E-state index >= 15 is 0 Å². The summed E-state index contributed by atoms with van der Waals surface area (Å²) in [7, 11) is 0. The van der Waals surface area contributed by atoms with Gasteiger partial charge in [0.25, 0.3) is 0 Å². The average molecular weight is 249 g/mol. The topological polar surface area (TPSA) is 26.0 Å². The summed E-state index contributed by atoms with van der Waals surface area (Å²) in [5.41, 5.74) is 12.7. The fraction of sp³-hybridized carbons (Fsp3) is 0.533. The van der Waals surface area contributed by atoms with Crippen LogP contribution >= 0.6 is 12.2 Å². The Hall–Kier alpha value is -0.890. The van der Waals surface area contributed by atoms with Crippen molar-refractivity contribution < 1.29 is 0 Å². The fourth-order valence-electron chi connectivity index (χ4n) is 2.37. The maximum atomic E-state index is 5.61. The van der Waals surface area contributed by atoms with Gasteiger partial charge in [-0.2, -0.15) is 0 Å². The Kier molecular flexibility index (Phi) is 4.70. The average Bonchev–Trinajstić information content (AvgIpc) is 2.20. The molecule has 2 heteroatoms. The molecule has 0 spiro atoms. The van der Waals surface area contributed by atoms with Crippen LogP contribution in [0.15, 0.2) is 6.07 Å². The Balaban J connectivity index is 3.01. The largest absolute Gasteiger partial charge is 0.393 e. The Morgan fingerprint density at radius 1 is 1.18 bits per heavy atom. The molecule has 0 aliphatic carbocycles. The quantitative estimate of drug-likeness (QED) is 0.822. The zero-order chi connectivity index (χ0) is 13.2. The van der Waals surface area contributed by atoms with Gasteiger partial charge in [0.1, 0.15) is 0 Å². The number of hydrogen-bond acceptors (Lipinski definition) is 1. The van der Waals surface area contributed by atoms with Crippen LogP contribution in [0.3, 0.4) is 0 Å². The van der Waals surface area contributed by atoms with Gasteiger partial charge in [-0.3, -0.25) is 0 Å². The smallest absolute Gasteiger partial charge is 0.0730 e. The number of thiocarbonyl (C=S) groups is 1. The number of nitrogens with two attached hydrogens (primary N) is 1. The summed E-state index contributed by atoms with van der Waals surface area (Å²) < 4.78 is 0. The van der Waals surface area contributed by atoms with Gasteiger partial charge in [0.2, 0.25) is 0 Å². The van der Waals surface area contributed by atoms with Crippen LogP contribution in [0.1, 0.15) is 41.2 Å². The van der Waals surface area contributed by atoms with Gasteiger partial charge >= 0.3 is 0 Å². The van der Waals surface area contributed by atoms with Crippen LogP contribution < -0.4 is 5.73 Å². The van der Waals surface area contributed by atoms with Gasteiger partial charge < -0.3 is 5.73 Å². The van der Waals surface area contributed by atoms with E-state index in [1.165, 1.54) is 27.8 Å². The molecule has 0 fully saturated rings. The Bertz CT molecular complexity index is 409. The van der Waals surface area contributed by atoms with Gasteiger partial charge in [-0.15, -0.1) is 0 Å². The third-order valence-electron chi connectivity index (χ3n) is 3.62. The van der Waals surface area contributed by atoms with Gasteiger partial charge in [0.15, 0.2) is 0 Å². The highest BCUT2D eigenvalue weighted by atomic mass is 32.1. The van der Waals surface area contributed by atoms with Gasteiger partial charge in [-0.05, 0) is 67.9 Å². The minimum absolute atomic E-state index is 0.520. The van der Waals surface area contributed by atoms with Gasteiger partial charge in [-0.25, -0.2) is 0 Å². The molecule has 0 saturated carbocycles. The summed E-state index contributed by atoms with van der Waals surface area (Å²) in [6.45, 7) is 11.0. The number of rotatable bonds is 4. The van der Waals surface area contributed by atoms with E-state index in [1.54, 1.807) is 0 Å². The molecule has 0 amide bonds. The normalized spacial score (nSPS) is 12.5. The van der Waals surface area contributed by atoms with Crippen molar-refractivity contribution in [3.8, 4) is 0 Å². The summed E-state index contributed by atoms with van der Waals surface area (Å²) in [6, 6.07) is 2.27. The molecule has 17 heavy (non-hydrogen) atoms. The summed E-state index contributed by atoms with van der Waals surface area (Å²) in [5, 5.41) is 0. The lowest BCUT2D eigenvalue weighted by atomic mass is 9.87. The molecular formula is C15H23NS. The highest BCUT2D eigenvalue weighted by Gasteiger charge is 2.12. The van der Waals surface area contributed by atoms with Crippen LogP contribution in [-0.2, 0) is 6.42 Å². The van der Waals surface area contributed by atoms with Crippen molar-refractivity contribution in [1.29, 1.82) is 0 Å². The SMILES string of the molecule is Cc1cc(C)c(C)c(CC(C)CC(N)=S)c1C. The van der Waals surface area contributed by atoms with Crippen molar-refractivity contribution in [2.75, 3.05) is 0 Å². The maximum Gasteiger partial charge on any atom is 0.0730 e. The van der Waals surface area contributed by atoms with E-state index in [9.17, 15) is 0 Å². The van der Waals surface area contributed by atoms with Gasteiger partial charge in [0.05, 0.1) is 4.99 Å². The summed E-state index contributed by atoms with van der Waals surface area (Å²) >= 11 is 4.98. The second-order valence-corrected chi connectivity index (χ2v) is 5.74. The summed E-state index contributed by atoms with van der Waals surface area (Å²) in [4.78, 5) is 0.622. The third-order valence-corrected chi connectivity index (χ3v) is 3.79. The van der Waals surface area contributed by atoms with E-state index in [0.29, 0.717) is 10.9 Å². The molecular weight excluding hydrogens is 226 g/mol. The first-order valence-electron chi connectivity index (χ1n) is 6.17. The standard InChI is InChI=1S/C15H23NS/c1-9(7-15(16)17)6-14-12(4)10(2)8-11(3)13(14)5/h8-9H,6-7H2,1-5H3,(H2,16,17). The highest BCUT2D eigenvalue weighted by molar-refractivity contribution is 7.80. The molecule has 0 aliphatic heterocycles. The van der Waals surface area contributed by atoms with Gasteiger partial charge in [-0.1, -0.05) is 25.2 Å². The lowest BCUT2D eigenvalue weighted by molar-refractivity contribution is 0.602. The second kappa shape index (κ2) is 5.63. The number of hydrogen-bond donors (Lipinski definition) is 1. The minimum atomic E-state index is 0.520. The molecule has 2 N–H and O–H groups in total. The third kappa shape index (κ3) is 3.53. The predicted octanol–water partition coefficient (Wildman–Crippen LogP) is 3.78.